The lowest BCUT2D eigenvalue weighted by Crippen LogP contribution is -2.14. The number of ether oxygens (including phenoxy) is 2. The Morgan fingerprint density at radius 3 is 1.24 bits per heavy atom. The van der Waals surface area contributed by atoms with E-state index in [2.05, 4.69) is 9.47 Å². The second kappa shape index (κ2) is 9.36. The zero-order valence-electron chi connectivity index (χ0n) is 17.8. The summed E-state index contributed by atoms with van der Waals surface area (Å²) < 4.78 is 184. The van der Waals surface area contributed by atoms with Gasteiger partial charge in [0.2, 0.25) is 5.82 Å². The molecular formula is C21H9F13N2O2. The summed E-state index contributed by atoms with van der Waals surface area (Å²) in [5, 5.41) is 0. The Labute approximate surface area is 202 Å². The Morgan fingerprint density at radius 1 is 0.500 bits per heavy atom. The second-order valence-corrected chi connectivity index (χ2v) is 7.31. The maximum Gasteiger partial charge on any atom is 0.422 e. The highest BCUT2D eigenvalue weighted by atomic mass is 19.4. The molecule has 0 radical (unpaired) electrons. The van der Waals surface area contributed by atoms with Gasteiger partial charge >= 0.3 is 18.5 Å². The van der Waals surface area contributed by atoms with Crippen LogP contribution >= 0.6 is 0 Å². The first-order chi connectivity index (χ1) is 17.2. The van der Waals surface area contributed by atoms with Gasteiger partial charge in [0, 0.05) is 30.3 Å². The lowest BCUT2D eigenvalue weighted by molar-refractivity contribution is -0.141. The molecule has 3 aromatic rings. The van der Waals surface area contributed by atoms with E-state index in [1.165, 1.54) is 0 Å². The maximum atomic E-state index is 15.0. The van der Waals surface area contributed by atoms with E-state index in [1.807, 2.05) is 0 Å². The molecule has 0 unspecified atom stereocenters. The van der Waals surface area contributed by atoms with Gasteiger partial charge in [0.25, 0.3) is 0 Å². The molecule has 4 N–H and O–H groups in total. The first-order valence-corrected chi connectivity index (χ1v) is 9.49. The van der Waals surface area contributed by atoms with E-state index >= 15 is 4.39 Å². The molecule has 0 saturated carbocycles. The molecule has 0 amide bonds. The predicted molar refractivity (Wildman–Crippen MR) is 103 cm³/mol. The molecule has 0 aliphatic carbocycles. The average molecular weight is 568 g/mol. The van der Waals surface area contributed by atoms with Crippen molar-refractivity contribution in [3.63, 3.8) is 0 Å². The normalized spacial score (nSPS) is 12.6. The van der Waals surface area contributed by atoms with Crippen LogP contribution in [0.25, 0.3) is 0 Å². The Morgan fingerprint density at radius 2 is 0.868 bits per heavy atom. The summed E-state index contributed by atoms with van der Waals surface area (Å²) in [6.07, 6.45) is -16.3. The lowest BCUT2D eigenvalue weighted by Gasteiger charge is -2.19. The van der Waals surface area contributed by atoms with Crippen molar-refractivity contribution in [2.75, 3.05) is 11.5 Å². The van der Waals surface area contributed by atoms with Crippen molar-refractivity contribution in [1.82, 2.24) is 0 Å². The van der Waals surface area contributed by atoms with Crippen molar-refractivity contribution >= 4 is 11.4 Å². The predicted octanol–water partition coefficient (Wildman–Crippen LogP) is 8.05. The second-order valence-electron chi connectivity index (χ2n) is 7.31. The van der Waals surface area contributed by atoms with Gasteiger partial charge in [-0.1, -0.05) is 0 Å². The molecular weight excluding hydrogens is 559 g/mol. The van der Waals surface area contributed by atoms with Crippen LogP contribution in [-0.2, 0) is 18.5 Å². The van der Waals surface area contributed by atoms with Gasteiger partial charge in [-0.2, -0.15) is 43.9 Å². The quantitative estimate of drug-likeness (QED) is 0.247. The van der Waals surface area contributed by atoms with Crippen LogP contribution in [-0.4, -0.2) is 0 Å². The van der Waals surface area contributed by atoms with E-state index in [9.17, 15) is 52.7 Å². The Hall–Kier alpha value is -4.05. The molecule has 0 spiro atoms. The van der Waals surface area contributed by atoms with E-state index in [1.54, 1.807) is 0 Å². The summed E-state index contributed by atoms with van der Waals surface area (Å²) in [5.74, 6) is -14.5. The monoisotopic (exact) mass is 568 g/mol. The zero-order valence-corrected chi connectivity index (χ0v) is 17.8. The fraction of sp³-hybridized carbons (Fsp3) is 0.143. The summed E-state index contributed by atoms with van der Waals surface area (Å²) in [6.45, 7) is 0. The zero-order chi connectivity index (χ0) is 29.0. The van der Waals surface area contributed by atoms with Crippen molar-refractivity contribution in [3.05, 3.63) is 70.3 Å². The summed E-state index contributed by atoms with van der Waals surface area (Å²) in [4.78, 5) is 0. The van der Waals surface area contributed by atoms with E-state index < -0.39 is 92.9 Å². The summed E-state index contributed by atoms with van der Waals surface area (Å²) in [5.41, 5.74) is 1.08. The van der Waals surface area contributed by atoms with Crippen LogP contribution in [0.1, 0.15) is 16.7 Å². The van der Waals surface area contributed by atoms with Crippen LogP contribution in [0.5, 0.6) is 23.0 Å². The Kier molecular flexibility index (Phi) is 7.02. The van der Waals surface area contributed by atoms with Gasteiger partial charge in [-0.3, -0.25) is 0 Å². The van der Waals surface area contributed by atoms with Crippen molar-refractivity contribution in [2.24, 2.45) is 0 Å². The van der Waals surface area contributed by atoms with Crippen LogP contribution in [0, 0.1) is 23.3 Å². The van der Waals surface area contributed by atoms with Gasteiger partial charge in [0.1, 0.15) is 45.6 Å². The molecule has 17 heteroatoms. The fourth-order valence-electron chi connectivity index (χ4n) is 3.18. The fourth-order valence-corrected chi connectivity index (χ4v) is 3.18. The van der Waals surface area contributed by atoms with E-state index in [0.29, 0.717) is 6.07 Å². The molecule has 206 valence electrons. The topological polar surface area (TPSA) is 70.5 Å². The number of hydrogen-bond donors (Lipinski definition) is 2. The highest BCUT2D eigenvalue weighted by molar-refractivity contribution is 5.57. The first-order valence-electron chi connectivity index (χ1n) is 9.49. The maximum absolute atomic E-state index is 15.0. The Bertz CT molecular complexity index is 1350. The molecule has 3 aromatic carbocycles. The molecule has 0 aromatic heterocycles. The standard InChI is InChI=1S/C21H9F13N2O2/c22-8-1-6(3-11(35)14(8)19(26,27)28)37-13-5-10(24)16(21(32,33)34)18(17(13)25)38-7-2-9(23)15(12(36)4-7)20(29,30)31/h1-5H,35-36H2. The molecule has 0 atom stereocenters. The van der Waals surface area contributed by atoms with Crippen molar-refractivity contribution in [1.29, 1.82) is 0 Å². The molecule has 0 bridgehead atoms. The third-order valence-electron chi connectivity index (χ3n) is 4.63. The highest BCUT2D eigenvalue weighted by Gasteiger charge is 2.42. The molecule has 0 fully saturated rings. The minimum Gasteiger partial charge on any atom is -0.454 e. The van der Waals surface area contributed by atoms with Crippen molar-refractivity contribution in [2.45, 2.75) is 18.5 Å². The first kappa shape index (κ1) is 28.5. The summed E-state index contributed by atoms with van der Waals surface area (Å²) in [7, 11) is 0. The minimum atomic E-state index is -5.71. The van der Waals surface area contributed by atoms with Crippen LogP contribution in [0.2, 0.25) is 0 Å². The minimum absolute atomic E-state index is 0.0145. The lowest BCUT2D eigenvalue weighted by atomic mass is 10.1. The van der Waals surface area contributed by atoms with Crippen molar-refractivity contribution < 1.29 is 66.5 Å². The third kappa shape index (κ3) is 5.60. The van der Waals surface area contributed by atoms with E-state index in [0.717, 1.165) is 0 Å². The number of anilines is 2. The molecule has 3 rings (SSSR count). The van der Waals surface area contributed by atoms with Gasteiger partial charge in [0.05, 0.1) is 11.4 Å². The summed E-state index contributed by atoms with van der Waals surface area (Å²) in [6, 6.07) is 0.144. The van der Waals surface area contributed by atoms with Crippen LogP contribution in [0.15, 0.2) is 30.3 Å². The third-order valence-corrected chi connectivity index (χ3v) is 4.63. The average Bonchev–Trinajstić information content (AvgIpc) is 2.67. The number of nitrogens with two attached hydrogens (primary N) is 2. The van der Waals surface area contributed by atoms with Gasteiger partial charge < -0.3 is 20.9 Å². The highest BCUT2D eigenvalue weighted by Crippen LogP contribution is 2.47. The number of hydrogen-bond acceptors (Lipinski definition) is 4. The van der Waals surface area contributed by atoms with Crippen LogP contribution in [0.4, 0.5) is 68.5 Å². The molecule has 0 aliphatic rings. The number of rotatable bonds is 4. The molecule has 0 heterocycles. The number of nitrogen functional groups attached to an aromatic ring is 2. The number of benzene rings is 3. The molecule has 4 nitrogen and oxygen atoms in total. The SMILES string of the molecule is Nc1cc(Oc2cc(F)c(C(F)(F)F)c(Oc3cc(N)c(C(F)(F)F)c(F)c3)c2F)cc(F)c1C(F)(F)F. The molecule has 38 heavy (non-hydrogen) atoms. The van der Waals surface area contributed by atoms with Gasteiger partial charge in [-0.15, -0.1) is 0 Å². The van der Waals surface area contributed by atoms with Gasteiger partial charge in [-0.25, -0.2) is 13.2 Å². The van der Waals surface area contributed by atoms with Gasteiger partial charge in [-0.05, 0) is 0 Å². The number of alkyl halides is 9. The van der Waals surface area contributed by atoms with Crippen LogP contribution < -0.4 is 20.9 Å². The largest absolute Gasteiger partial charge is 0.454 e. The smallest absolute Gasteiger partial charge is 0.422 e. The van der Waals surface area contributed by atoms with E-state index in [-0.39, 0.29) is 24.3 Å². The molecule has 0 saturated heterocycles. The van der Waals surface area contributed by atoms with Crippen LogP contribution in [0.3, 0.4) is 0 Å². The van der Waals surface area contributed by atoms with Crippen molar-refractivity contribution in [3.8, 4) is 23.0 Å². The van der Waals surface area contributed by atoms with E-state index in [4.69, 9.17) is 11.5 Å². The molecule has 0 aliphatic heterocycles. The summed E-state index contributed by atoms with van der Waals surface area (Å²) >= 11 is 0. The van der Waals surface area contributed by atoms with Gasteiger partial charge in [0.15, 0.2) is 11.5 Å². The Balaban J connectivity index is 2.15. The number of halogens is 13.